The van der Waals surface area contributed by atoms with E-state index in [0.29, 0.717) is 6.42 Å². The van der Waals surface area contributed by atoms with Crippen LogP contribution in [0.3, 0.4) is 0 Å². The third kappa shape index (κ3) is 2.68. The Hall–Kier alpha value is -0.910. The van der Waals surface area contributed by atoms with Crippen molar-refractivity contribution in [3.05, 3.63) is 0 Å². The maximum atomic E-state index is 12.5. The number of thioether (sulfide) groups is 1. The number of oxime groups is 1. The minimum absolute atomic E-state index is 0.00423. The fraction of sp³-hybridized carbons (Fsp3) is 0.818. The summed E-state index contributed by atoms with van der Waals surface area (Å²) in [6, 6.07) is 0.207. The van der Waals surface area contributed by atoms with E-state index in [4.69, 9.17) is 10.9 Å². The fourth-order valence-corrected chi connectivity index (χ4v) is 2.91. The number of nitrogens with zero attached hydrogens (tertiary/aromatic N) is 2. The van der Waals surface area contributed by atoms with Gasteiger partial charge in [0.2, 0.25) is 5.91 Å². The zero-order chi connectivity index (χ0) is 13.1. The van der Waals surface area contributed by atoms with Gasteiger partial charge in [0.05, 0.1) is 0 Å². The Morgan fingerprint density at radius 3 is 2.82 bits per heavy atom. The van der Waals surface area contributed by atoms with E-state index in [1.54, 1.807) is 6.92 Å². The van der Waals surface area contributed by atoms with Gasteiger partial charge in [0.1, 0.15) is 5.41 Å². The molecule has 1 aliphatic heterocycles. The van der Waals surface area contributed by atoms with Gasteiger partial charge >= 0.3 is 0 Å². The van der Waals surface area contributed by atoms with E-state index in [1.165, 1.54) is 0 Å². The van der Waals surface area contributed by atoms with E-state index in [9.17, 15) is 4.79 Å². The average molecular weight is 259 g/mol. The largest absolute Gasteiger partial charge is 0.409 e. The molecule has 0 aromatic carbocycles. The molecule has 0 spiro atoms. The van der Waals surface area contributed by atoms with Gasteiger partial charge < -0.3 is 15.8 Å². The maximum Gasteiger partial charge on any atom is 0.236 e. The van der Waals surface area contributed by atoms with E-state index in [0.717, 1.165) is 18.1 Å². The highest BCUT2D eigenvalue weighted by Gasteiger charge is 2.41. The van der Waals surface area contributed by atoms with Gasteiger partial charge in [-0.05, 0) is 20.3 Å². The summed E-state index contributed by atoms with van der Waals surface area (Å²) in [6.07, 6.45) is 0.526. The monoisotopic (exact) mass is 259 g/mol. The number of hydrogen-bond donors (Lipinski definition) is 2. The summed E-state index contributed by atoms with van der Waals surface area (Å²) in [5, 5.41) is 11.8. The summed E-state index contributed by atoms with van der Waals surface area (Å²) >= 11 is 1.85. The Kier molecular flexibility index (Phi) is 4.68. The first-order valence-corrected chi connectivity index (χ1v) is 6.99. The predicted molar refractivity (Wildman–Crippen MR) is 70.3 cm³/mol. The lowest BCUT2D eigenvalue weighted by atomic mass is 9.84. The summed E-state index contributed by atoms with van der Waals surface area (Å²) < 4.78 is 0. The van der Waals surface area contributed by atoms with Crippen LogP contribution in [0.15, 0.2) is 5.16 Å². The molecule has 0 aromatic rings. The summed E-state index contributed by atoms with van der Waals surface area (Å²) in [6.45, 7) is 6.38. The van der Waals surface area contributed by atoms with Crippen molar-refractivity contribution in [2.45, 2.75) is 33.2 Å². The number of nitrogens with two attached hydrogens (primary N) is 1. The second kappa shape index (κ2) is 5.62. The Balaban J connectivity index is 2.92. The Morgan fingerprint density at radius 1 is 1.71 bits per heavy atom. The molecule has 1 saturated heterocycles. The molecule has 0 aromatic heterocycles. The van der Waals surface area contributed by atoms with Gasteiger partial charge in [0, 0.05) is 24.1 Å². The van der Waals surface area contributed by atoms with Crippen molar-refractivity contribution < 1.29 is 10.0 Å². The van der Waals surface area contributed by atoms with Gasteiger partial charge in [-0.25, -0.2) is 0 Å². The van der Waals surface area contributed by atoms with Gasteiger partial charge in [-0.15, -0.1) is 0 Å². The number of carbonyl (C=O) groups is 1. The molecule has 3 N–H and O–H groups in total. The summed E-state index contributed by atoms with van der Waals surface area (Å²) in [7, 11) is 0. The average Bonchev–Trinajstić information content (AvgIpc) is 2.36. The molecule has 0 aliphatic carbocycles. The van der Waals surface area contributed by atoms with Crippen molar-refractivity contribution in [3.63, 3.8) is 0 Å². The van der Waals surface area contributed by atoms with E-state index in [1.807, 2.05) is 30.5 Å². The topological polar surface area (TPSA) is 78.9 Å². The molecule has 0 bridgehead atoms. The Bertz CT molecular complexity index is 322. The zero-order valence-electron chi connectivity index (χ0n) is 10.6. The number of carbonyl (C=O) groups excluding carboxylic acids is 1. The smallest absolute Gasteiger partial charge is 0.236 e. The minimum Gasteiger partial charge on any atom is -0.409 e. The number of hydrogen-bond acceptors (Lipinski definition) is 4. The van der Waals surface area contributed by atoms with Crippen LogP contribution in [-0.2, 0) is 4.79 Å². The standard InChI is InChI=1S/C11H21N3O2S/c1-4-11(3,9(12)13-16)10(15)14-5-6-17-7-8(14)2/h8,16H,4-7H2,1-3H3,(H2,12,13). The van der Waals surface area contributed by atoms with Gasteiger partial charge in [-0.2, -0.15) is 11.8 Å². The zero-order valence-corrected chi connectivity index (χ0v) is 11.5. The molecule has 1 amide bonds. The molecule has 0 radical (unpaired) electrons. The Labute approximate surface area is 106 Å². The first-order chi connectivity index (χ1) is 7.97. The lowest BCUT2D eigenvalue weighted by molar-refractivity contribution is -0.139. The van der Waals surface area contributed by atoms with E-state index in [2.05, 4.69) is 5.16 Å². The highest BCUT2D eigenvalue weighted by atomic mass is 32.2. The van der Waals surface area contributed by atoms with Crippen LogP contribution in [0.25, 0.3) is 0 Å². The quantitative estimate of drug-likeness (QED) is 0.344. The first kappa shape index (κ1) is 14.2. The second-order valence-corrected chi connectivity index (χ2v) is 5.74. The number of rotatable bonds is 3. The van der Waals surface area contributed by atoms with Crippen LogP contribution in [-0.4, -0.2) is 45.9 Å². The molecular formula is C11H21N3O2S. The van der Waals surface area contributed by atoms with Crippen molar-refractivity contribution in [2.75, 3.05) is 18.1 Å². The van der Waals surface area contributed by atoms with Crippen molar-refractivity contribution in [3.8, 4) is 0 Å². The molecule has 6 heteroatoms. The van der Waals surface area contributed by atoms with Crippen LogP contribution in [0.5, 0.6) is 0 Å². The highest BCUT2D eigenvalue weighted by molar-refractivity contribution is 7.99. The molecule has 1 fully saturated rings. The maximum absolute atomic E-state index is 12.5. The van der Waals surface area contributed by atoms with Gasteiger partial charge in [-0.1, -0.05) is 12.1 Å². The molecule has 2 atom stereocenters. The SMILES string of the molecule is CCC(C)(C(=O)N1CCSCC1C)C(N)=NO. The van der Waals surface area contributed by atoms with Crippen LogP contribution in [0.2, 0.25) is 0 Å². The normalized spacial score (nSPS) is 25.5. The molecule has 17 heavy (non-hydrogen) atoms. The molecule has 2 unspecified atom stereocenters. The van der Waals surface area contributed by atoms with E-state index in [-0.39, 0.29) is 17.8 Å². The summed E-state index contributed by atoms with van der Waals surface area (Å²) in [5.41, 5.74) is 4.76. The molecule has 98 valence electrons. The van der Waals surface area contributed by atoms with Crippen LogP contribution < -0.4 is 5.73 Å². The van der Waals surface area contributed by atoms with Gasteiger partial charge in [0.25, 0.3) is 0 Å². The Morgan fingerprint density at radius 2 is 2.35 bits per heavy atom. The van der Waals surface area contributed by atoms with Crippen molar-refractivity contribution >= 4 is 23.5 Å². The highest BCUT2D eigenvalue weighted by Crippen LogP contribution is 2.28. The van der Waals surface area contributed by atoms with E-state index >= 15 is 0 Å². The molecule has 1 rings (SSSR count). The molecule has 5 nitrogen and oxygen atoms in total. The molecule has 1 heterocycles. The lowest BCUT2D eigenvalue weighted by Crippen LogP contribution is -2.54. The number of amides is 1. The third-order valence-electron chi connectivity index (χ3n) is 3.48. The minimum atomic E-state index is -0.898. The molecular weight excluding hydrogens is 238 g/mol. The summed E-state index contributed by atoms with van der Waals surface area (Å²) in [4.78, 5) is 14.4. The molecule has 1 aliphatic rings. The predicted octanol–water partition coefficient (Wildman–Crippen LogP) is 1.11. The number of amidine groups is 1. The van der Waals surface area contributed by atoms with E-state index < -0.39 is 5.41 Å². The second-order valence-electron chi connectivity index (χ2n) is 4.59. The van der Waals surface area contributed by atoms with Crippen LogP contribution in [0, 0.1) is 5.41 Å². The van der Waals surface area contributed by atoms with Crippen molar-refractivity contribution in [2.24, 2.45) is 16.3 Å². The van der Waals surface area contributed by atoms with Crippen molar-refractivity contribution in [1.82, 2.24) is 4.90 Å². The molecule has 0 saturated carbocycles. The van der Waals surface area contributed by atoms with Gasteiger partial charge in [0.15, 0.2) is 5.84 Å². The van der Waals surface area contributed by atoms with Crippen LogP contribution >= 0.6 is 11.8 Å². The van der Waals surface area contributed by atoms with Crippen molar-refractivity contribution in [1.29, 1.82) is 0 Å². The fourth-order valence-electron chi connectivity index (χ4n) is 1.90. The third-order valence-corrected chi connectivity index (χ3v) is 4.67. The first-order valence-electron chi connectivity index (χ1n) is 5.84. The lowest BCUT2D eigenvalue weighted by Gasteiger charge is -2.39. The van der Waals surface area contributed by atoms with Crippen LogP contribution in [0.4, 0.5) is 0 Å². The van der Waals surface area contributed by atoms with Gasteiger partial charge in [-0.3, -0.25) is 4.79 Å². The van der Waals surface area contributed by atoms with Crippen LogP contribution in [0.1, 0.15) is 27.2 Å². The summed E-state index contributed by atoms with van der Waals surface area (Å²) in [5.74, 6) is 1.85.